The topological polar surface area (TPSA) is 37.4 Å². The molecule has 0 aromatic heterocycles. The number of sulfonamides is 1. The van der Waals surface area contributed by atoms with E-state index < -0.39 is 10.0 Å². The number of nitrogens with zero attached hydrogens (tertiary/aromatic N) is 1. The average Bonchev–Trinajstić information content (AvgIpc) is 2.46. The third kappa shape index (κ3) is 4.76. The van der Waals surface area contributed by atoms with Crippen molar-refractivity contribution >= 4 is 21.6 Å². The van der Waals surface area contributed by atoms with Crippen molar-refractivity contribution < 1.29 is 8.42 Å². The van der Waals surface area contributed by atoms with Gasteiger partial charge in [0.25, 0.3) is 0 Å². The van der Waals surface area contributed by atoms with Crippen molar-refractivity contribution in [3.8, 4) is 0 Å². The van der Waals surface area contributed by atoms with Gasteiger partial charge in [-0.2, -0.15) is 4.31 Å². The summed E-state index contributed by atoms with van der Waals surface area (Å²) in [7, 11) is -3.35. The van der Waals surface area contributed by atoms with Gasteiger partial charge >= 0.3 is 0 Å². The Bertz CT molecular complexity index is 485. The van der Waals surface area contributed by atoms with Crippen molar-refractivity contribution in [2.45, 2.75) is 44.4 Å². The maximum Gasteiger partial charge on any atom is 0.243 e. The Morgan fingerprint density at radius 1 is 1.10 bits per heavy atom. The third-order valence-electron chi connectivity index (χ3n) is 3.27. The second-order valence-corrected chi connectivity index (χ2v) is 7.10. The molecule has 0 amide bonds. The maximum atomic E-state index is 12.5. The molecular weight excluding hydrogens is 294 g/mol. The zero-order valence-electron chi connectivity index (χ0n) is 12.3. The summed E-state index contributed by atoms with van der Waals surface area (Å²) in [6.07, 6.45) is 3.67. The fourth-order valence-electron chi connectivity index (χ4n) is 2.03. The molecule has 0 unspecified atom stereocenters. The summed E-state index contributed by atoms with van der Waals surface area (Å²) in [5, 5.41) is 0. The molecule has 0 heterocycles. The van der Waals surface area contributed by atoms with Gasteiger partial charge in [-0.1, -0.05) is 32.4 Å². The highest BCUT2D eigenvalue weighted by Gasteiger charge is 2.22. The lowest BCUT2D eigenvalue weighted by atomic mass is 10.1. The zero-order valence-corrected chi connectivity index (χ0v) is 13.9. The van der Waals surface area contributed by atoms with Crippen LogP contribution in [0.25, 0.3) is 0 Å². The molecule has 5 heteroatoms. The molecule has 0 saturated heterocycles. The molecule has 0 fully saturated rings. The van der Waals surface area contributed by atoms with Crippen molar-refractivity contribution in [3.05, 3.63) is 29.8 Å². The Morgan fingerprint density at radius 3 is 2.25 bits per heavy atom. The largest absolute Gasteiger partial charge is 0.243 e. The van der Waals surface area contributed by atoms with Gasteiger partial charge in [-0.15, -0.1) is 11.6 Å². The van der Waals surface area contributed by atoms with Crippen molar-refractivity contribution in [3.63, 3.8) is 0 Å². The van der Waals surface area contributed by atoms with Crippen LogP contribution in [-0.4, -0.2) is 31.7 Å². The van der Waals surface area contributed by atoms with E-state index in [1.807, 2.05) is 19.1 Å². The van der Waals surface area contributed by atoms with E-state index in [0.29, 0.717) is 23.9 Å². The molecule has 0 radical (unpaired) electrons. The molecule has 0 saturated carbocycles. The predicted octanol–water partition coefficient (Wildman–Crippen LogP) is 3.67. The molecule has 0 bridgehead atoms. The molecule has 0 N–H and O–H groups in total. The van der Waals surface area contributed by atoms with Gasteiger partial charge in [-0.05, 0) is 37.0 Å². The van der Waals surface area contributed by atoms with E-state index in [-0.39, 0.29) is 0 Å². The summed E-state index contributed by atoms with van der Waals surface area (Å²) in [4.78, 5) is 0.380. The van der Waals surface area contributed by atoms with Crippen LogP contribution in [0.15, 0.2) is 29.2 Å². The highest BCUT2D eigenvalue weighted by Crippen LogP contribution is 2.17. The Kier molecular flexibility index (Phi) is 7.56. The predicted molar refractivity (Wildman–Crippen MR) is 84.8 cm³/mol. The number of unbranched alkanes of at least 4 members (excludes halogenated alkanes) is 1. The first kappa shape index (κ1) is 17.5. The summed E-state index contributed by atoms with van der Waals surface area (Å²) < 4.78 is 26.5. The number of hydrogen-bond donors (Lipinski definition) is 0. The van der Waals surface area contributed by atoms with E-state index in [9.17, 15) is 8.42 Å². The van der Waals surface area contributed by atoms with Gasteiger partial charge in [0.1, 0.15) is 0 Å². The number of benzene rings is 1. The number of rotatable bonds is 9. The van der Waals surface area contributed by atoms with Crippen LogP contribution in [0.5, 0.6) is 0 Å². The van der Waals surface area contributed by atoms with Gasteiger partial charge in [-0.3, -0.25) is 0 Å². The lowest BCUT2D eigenvalue weighted by Crippen LogP contribution is -2.31. The number of halogens is 1. The molecule has 3 nitrogen and oxygen atoms in total. The van der Waals surface area contributed by atoms with E-state index in [1.165, 1.54) is 0 Å². The van der Waals surface area contributed by atoms with Crippen LogP contribution in [0, 0.1) is 0 Å². The van der Waals surface area contributed by atoms with Crippen LogP contribution in [0.3, 0.4) is 0 Å². The zero-order chi connectivity index (χ0) is 15.0. The first-order chi connectivity index (χ1) is 9.56. The van der Waals surface area contributed by atoms with Gasteiger partial charge in [0.05, 0.1) is 4.90 Å². The van der Waals surface area contributed by atoms with E-state index in [2.05, 4.69) is 6.92 Å². The van der Waals surface area contributed by atoms with Crippen LogP contribution >= 0.6 is 11.6 Å². The fourth-order valence-corrected chi connectivity index (χ4v) is 3.65. The summed E-state index contributed by atoms with van der Waals surface area (Å²) in [6.45, 7) is 5.04. The minimum absolute atomic E-state index is 0.380. The van der Waals surface area contributed by atoms with Gasteiger partial charge in [0, 0.05) is 19.0 Å². The SMILES string of the molecule is CCCCN(CC)S(=O)(=O)c1ccc(CCCCl)cc1. The quantitative estimate of drug-likeness (QED) is 0.652. The molecule has 0 aliphatic heterocycles. The lowest BCUT2D eigenvalue weighted by Gasteiger charge is -2.20. The monoisotopic (exact) mass is 317 g/mol. The Hall–Kier alpha value is -0.580. The van der Waals surface area contributed by atoms with E-state index in [1.54, 1.807) is 16.4 Å². The first-order valence-electron chi connectivity index (χ1n) is 7.21. The highest BCUT2D eigenvalue weighted by atomic mass is 35.5. The van der Waals surface area contributed by atoms with Gasteiger partial charge in [-0.25, -0.2) is 8.42 Å². The minimum Gasteiger partial charge on any atom is -0.207 e. The van der Waals surface area contributed by atoms with Crippen molar-refractivity contribution in [2.24, 2.45) is 0 Å². The van der Waals surface area contributed by atoms with Crippen LogP contribution in [0.4, 0.5) is 0 Å². The minimum atomic E-state index is -3.35. The van der Waals surface area contributed by atoms with Crippen molar-refractivity contribution in [1.82, 2.24) is 4.31 Å². The molecule has 1 aromatic carbocycles. The van der Waals surface area contributed by atoms with Crippen LogP contribution in [0.2, 0.25) is 0 Å². The fraction of sp³-hybridized carbons (Fsp3) is 0.600. The van der Waals surface area contributed by atoms with Crippen LogP contribution in [0.1, 0.15) is 38.7 Å². The Balaban J connectivity index is 2.85. The van der Waals surface area contributed by atoms with E-state index in [4.69, 9.17) is 11.6 Å². The van der Waals surface area contributed by atoms with Crippen LogP contribution in [-0.2, 0) is 16.4 Å². The van der Waals surface area contributed by atoms with E-state index >= 15 is 0 Å². The van der Waals surface area contributed by atoms with Crippen molar-refractivity contribution in [2.75, 3.05) is 19.0 Å². The normalized spacial score (nSPS) is 12.0. The van der Waals surface area contributed by atoms with Crippen LogP contribution < -0.4 is 0 Å². The highest BCUT2D eigenvalue weighted by molar-refractivity contribution is 7.89. The molecule has 1 rings (SSSR count). The molecule has 1 aromatic rings. The third-order valence-corrected chi connectivity index (χ3v) is 5.53. The first-order valence-corrected chi connectivity index (χ1v) is 9.18. The van der Waals surface area contributed by atoms with Gasteiger partial charge in [0.2, 0.25) is 10.0 Å². The molecule has 0 aliphatic carbocycles. The van der Waals surface area contributed by atoms with Gasteiger partial charge < -0.3 is 0 Å². The van der Waals surface area contributed by atoms with E-state index in [0.717, 1.165) is 31.2 Å². The summed E-state index contributed by atoms with van der Waals surface area (Å²) in [5.41, 5.74) is 1.13. The molecule has 0 spiro atoms. The Morgan fingerprint density at radius 2 is 1.75 bits per heavy atom. The lowest BCUT2D eigenvalue weighted by molar-refractivity contribution is 0.419. The number of hydrogen-bond acceptors (Lipinski definition) is 2. The van der Waals surface area contributed by atoms with Crippen molar-refractivity contribution in [1.29, 1.82) is 0 Å². The standard InChI is InChI=1S/C15H24ClNO2S/c1-3-5-13-17(4-2)20(18,19)15-10-8-14(9-11-15)7-6-12-16/h8-11H,3-7,12-13H2,1-2H3. The van der Waals surface area contributed by atoms with Gasteiger partial charge in [0.15, 0.2) is 0 Å². The second-order valence-electron chi connectivity index (χ2n) is 4.79. The molecule has 114 valence electrons. The number of alkyl halides is 1. The average molecular weight is 318 g/mol. The number of aryl methyl sites for hydroxylation is 1. The summed E-state index contributed by atoms with van der Waals surface area (Å²) in [6, 6.07) is 7.17. The molecule has 20 heavy (non-hydrogen) atoms. The summed E-state index contributed by atoms with van der Waals surface area (Å²) >= 11 is 5.66. The molecular formula is C15H24ClNO2S. The smallest absolute Gasteiger partial charge is 0.207 e. The molecule has 0 atom stereocenters. The second kappa shape index (κ2) is 8.65. The Labute approximate surface area is 128 Å². The summed E-state index contributed by atoms with van der Waals surface area (Å²) in [5.74, 6) is 0.626. The molecule has 0 aliphatic rings. The maximum absolute atomic E-state index is 12.5.